The molecule has 0 atom stereocenters. The molecule has 30 heavy (non-hydrogen) atoms. The molecule has 1 aliphatic heterocycles. The summed E-state index contributed by atoms with van der Waals surface area (Å²) in [4.78, 5) is 0. The van der Waals surface area contributed by atoms with Crippen LogP contribution in [0.5, 0.6) is 5.75 Å². The maximum Gasteiger partial charge on any atom is 0.272 e. The lowest BCUT2D eigenvalue weighted by atomic mass is 9.72. The summed E-state index contributed by atoms with van der Waals surface area (Å²) in [7, 11) is -0.650. The topological polar surface area (TPSA) is 9.23 Å². The maximum atomic E-state index is 14.2. The molecule has 0 N–H and O–H groups in total. The molecular weight excluding hydrogens is 415 g/mol. The number of alkyl halides is 3. The second kappa shape index (κ2) is 11.5. The summed E-state index contributed by atoms with van der Waals surface area (Å²) in [6.45, 7) is -1.20. The fourth-order valence-corrected chi connectivity index (χ4v) is 9.03. The highest BCUT2D eigenvalue weighted by atomic mass is 28.3. The van der Waals surface area contributed by atoms with Gasteiger partial charge in [-0.05, 0) is 67.6 Å². The molecule has 2 aliphatic rings. The van der Waals surface area contributed by atoms with Crippen molar-refractivity contribution in [2.75, 3.05) is 13.3 Å². The molecule has 1 aromatic rings. The number of ether oxygens (including phenoxy) is 1. The molecule has 7 heteroatoms. The van der Waals surface area contributed by atoms with Gasteiger partial charge in [0.2, 0.25) is 0 Å². The molecule has 2 fully saturated rings. The molecule has 3 rings (SSSR count). The van der Waals surface area contributed by atoms with Gasteiger partial charge in [-0.1, -0.05) is 37.4 Å². The highest BCUT2D eigenvalue weighted by Gasteiger charge is 2.32. The highest BCUT2D eigenvalue weighted by molar-refractivity contribution is 6.58. The molecular formula is C23H33F5OSi. The Kier molecular flexibility index (Phi) is 9.02. The van der Waals surface area contributed by atoms with Crippen LogP contribution in [-0.4, -0.2) is 28.5 Å². The first-order valence-corrected chi connectivity index (χ1v) is 13.9. The van der Waals surface area contributed by atoms with Crippen LogP contribution in [0.3, 0.4) is 0 Å². The number of halogens is 5. The van der Waals surface area contributed by atoms with Crippen molar-refractivity contribution >= 4 is 8.80 Å². The molecule has 1 saturated heterocycles. The second-order valence-corrected chi connectivity index (χ2v) is 12.6. The zero-order valence-corrected chi connectivity index (χ0v) is 18.7. The molecule has 0 spiro atoms. The minimum absolute atomic E-state index is 0.112. The van der Waals surface area contributed by atoms with Gasteiger partial charge in [-0.3, -0.25) is 4.39 Å². The van der Waals surface area contributed by atoms with E-state index in [1.54, 1.807) is 0 Å². The van der Waals surface area contributed by atoms with E-state index < -0.39 is 39.2 Å². The van der Waals surface area contributed by atoms with Gasteiger partial charge in [-0.15, -0.1) is 0 Å². The molecule has 170 valence electrons. The standard InChI is InChI=1S/C23H33F5OSi/c24-9-1-2-10-30-11-7-18(8-12-30)16-3-5-17(6-4-16)19-13-20(25)23(21(26)14-19)29-15-22(27)28/h13-14,16-18,22,30H,1-12,15H2/t16-,17-,18-,30-. The van der Waals surface area contributed by atoms with Gasteiger partial charge in [-0.2, -0.15) is 0 Å². The number of hydrogen-bond acceptors (Lipinski definition) is 1. The van der Waals surface area contributed by atoms with Gasteiger partial charge in [0.15, 0.2) is 17.4 Å². The van der Waals surface area contributed by atoms with Gasteiger partial charge >= 0.3 is 0 Å². The third-order valence-corrected chi connectivity index (χ3v) is 10.7. The number of rotatable bonds is 9. The molecule has 1 nitrogen and oxygen atoms in total. The van der Waals surface area contributed by atoms with Crippen LogP contribution in [0.4, 0.5) is 22.0 Å². The van der Waals surface area contributed by atoms with E-state index in [0.29, 0.717) is 11.5 Å². The van der Waals surface area contributed by atoms with Crippen LogP contribution in [0.1, 0.15) is 62.8 Å². The molecule has 0 radical (unpaired) electrons. The SMILES string of the molecule is FCCCC[Si@H]1CC[C@H]([C@H]2CC[C@H](c3cc(F)c(OCC(F)F)c(F)c3)CC2)CC1. The normalized spacial score (nSPS) is 27.4. The van der Waals surface area contributed by atoms with E-state index in [2.05, 4.69) is 4.74 Å². The molecule has 0 amide bonds. The van der Waals surface area contributed by atoms with E-state index >= 15 is 0 Å². The van der Waals surface area contributed by atoms with Crippen molar-refractivity contribution in [3.8, 4) is 5.75 Å². The van der Waals surface area contributed by atoms with E-state index in [1.807, 2.05) is 0 Å². The van der Waals surface area contributed by atoms with Gasteiger partial charge in [0.25, 0.3) is 6.43 Å². The first kappa shape index (κ1) is 23.5. The van der Waals surface area contributed by atoms with Gasteiger partial charge in [0, 0.05) is 8.80 Å². The predicted octanol–water partition coefficient (Wildman–Crippen LogP) is 7.27. The van der Waals surface area contributed by atoms with Crippen molar-refractivity contribution < 1.29 is 26.7 Å². The van der Waals surface area contributed by atoms with E-state index in [0.717, 1.165) is 44.4 Å². The van der Waals surface area contributed by atoms with Gasteiger partial charge < -0.3 is 4.74 Å². The average Bonchev–Trinajstić information content (AvgIpc) is 2.74. The molecule has 1 heterocycles. The van der Waals surface area contributed by atoms with Crippen LogP contribution in [-0.2, 0) is 0 Å². The first-order chi connectivity index (χ1) is 14.5. The molecule has 0 aromatic heterocycles. The van der Waals surface area contributed by atoms with Crippen LogP contribution in [0.25, 0.3) is 0 Å². The summed E-state index contributed by atoms with van der Waals surface area (Å²) in [5, 5.41) is 0. The Morgan fingerprint density at radius 1 is 0.900 bits per heavy atom. The zero-order chi connectivity index (χ0) is 21.5. The quantitative estimate of drug-likeness (QED) is 0.219. The smallest absolute Gasteiger partial charge is 0.272 e. The Morgan fingerprint density at radius 3 is 2.07 bits per heavy atom. The lowest BCUT2D eigenvalue weighted by Gasteiger charge is -2.37. The second-order valence-electron chi connectivity index (χ2n) is 9.09. The summed E-state index contributed by atoms with van der Waals surface area (Å²) in [5.41, 5.74) is 0.608. The Balaban J connectivity index is 1.48. The number of hydrogen-bond donors (Lipinski definition) is 0. The highest BCUT2D eigenvalue weighted by Crippen LogP contribution is 2.44. The summed E-state index contributed by atoms with van der Waals surface area (Å²) in [6.07, 6.45) is 5.60. The van der Waals surface area contributed by atoms with Crippen LogP contribution >= 0.6 is 0 Å². The summed E-state index contributed by atoms with van der Waals surface area (Å²) in [5.74, 6) is -0.923. The minimum atomic E-state index is -2.77. The van der Waals surface area contributed by atoms with Crippen LogP contribution in [0.15, 0.2) is 12.1 Å². The van der Waals surface area contributed by atoms with Crippen LogP contribution in [0, 0.1) is 23.5 Å². The summed E-state index contributed by atoms with van der Waals surface area (Å²) in [6, 6.07) is 6.56. The van der Waals surface area contributed by atoms with Gasteiger partial charge in [-0.25, -0.2) is 17.6 Å². The van der Waals surface area contributed by atoms with Crippen molar-refractivity contribution in [2.24, 2.45) is 11.8 Å². The molecule has 0 unspecified atom stereocenters. The Hall–Kier alpha value is -1.11. The molecule has 0 bridgehead atoms. The van der Waals surface area contributed by atoms with E-state index in [1.165, 1.54) is 43.1 Å². The van der Waals surface area contributed by atoms with Crippen molar-refractivity contribution in [3.05, 3.63) is 29.3 Å². The average molecular weight is 449 g/mol. The molecule has 1 aromatic carbocycles. The fourth-order valence-electron chi connectivity index (χ4n) is 5.50. The van der Waals surface area contributed by atoms with Crippen molar-refractivity contribution in [1.82, 2.24) is 0 Å². The minimum Gasteiger partial charge on any atom is -0.482 e. The predicted molar refractivity (Wildman–Crippen MR) is 112 cm³/mol. The van der Waals surface area contributed by atoms with E-state index in [9.17, 15) is 22.0 Å². The number of benzene rings is 1. The van der Waals surface area contributed by atoms with Crippen molar-refractivity contribution in [2.45, 2.75) is 81.8 Å². The summed E-state index contributed by atoms with van der Waals surface area (Å²) >= 11 is 0. The lowest BCUT2D eigenvalue weighted by molar-refractivity contribution is 0.0777. The van der Waals surface area contributed by atoms with Gasteiger partial charge in [0.1, 0.15) is 6.61 Å². The molecule has 1 aliphatic carbocycles. The fraction of sp³-hybridized carbons (Fsp3) is 0.739. The van der Waals surface area contributed by atoms with Crippen LogP contribution < -0.4 is 4.74 Å². The maximum absolute atomic E-state index is 14.2. The monoisotopic (exact) mass is 448 g/mol. The van der Waals surface area contributed by atoms with E-state index in [-0.39, 0.29) is 12.6 Å². The van der Waals surface area contributed by atoms with Crippen LogP contribution in [0.2, 0.25) is 18.1 Å². The largest absolute Gasteiger partial charge is 0.482 e. The third-order valence-electron chi connectivity index (χ3n) is 7.17. The lowest BCUT2D eigenvalue weighted by Crippen LogP contribution is -2.28. The Labute approximate surface area is 178 Å². The first-order valence-electron chi connectivity index (χ1n) is 11.4. The Bertz CT molecular complexity index is 632. The van der Waals surface area contributed by atoms with E-state index in [4.69, 9.17) is 0 Å². The zero-order valence-electron chi connectivity index (χ0n) is 17.5. The van der Waals surface area contributed by atoms with Crippen molar-refractivity contribution in [1.29, 1.82) is 0 Å². The third kappa shape index (κ3) is 6.44. The van der Waals surface area contributed by atoms with Crippen molar-refractivity contribution in [3.63, 3.8) is 0 Å². The summed E-state index contributed by atoms with van der Waals surface area (Å²) < 4.78 is 69.8. The van der Waals surface area contributed by atoms with Gasteiger partial charge in [0.05, 0.1) is 6.67 Å². The number of unbranched alkanes of at least 4 members (excludes halogenated alkanes) is 1. The Morgan fingerprint density at radius 2 is 1.50 bits per heavy atom. The molecule has 1 saturated carbocycles.